The normalized spacial score (nSPS) is 26.8. The number of aromatic nitrogens is 2. The van der Waals surface area contributed by atoms with Gasteiger partial charge in [0.1, 0.15) is 35.0 Å². The van der Waals surface area contributed by atoms with Gasteiger partial charge in [0.25, 0.3) is 5.91 Å². The zero-order chi connectivity index (χ0) is 42.3. The zero-order valence-electron chi connectivity index (χ0n) is 33.5. The number of fused-ring (bicyclic) bond motifs is 4. The van der Waals surface area contributed by atoms with E-state index in [-0.39, 0.29) is 18.8 Å². The summed E-state index contributed by atoms with van der Waals surface area (Å²) in [6, 6.07) is 12.3. The van der Waals surface area contributed by atoms with Crippen LogP contribution in [-0.2, 0) is 29.1 Å². The summed E-state index contributed by atoms with van der Waals surface area (Å²) in [4.78, 5) is 66.8. The average Bonchev–Trinajstić information content (AvgIpc) is 4.11. The summed E-state index contributed by atoms with van der Waals surface area (Å²) in [5, 5.41) is 4.31. The van der Waals surface area contributed by atoms with Crippen molar-refractivity contribution in [1.82, 2.24) is 30.2 Å². The highest BCUT2D eigenvalue weighted by molar-refractivity contribution is 7.91. The summed E-state index contributed by atoms with van der Waals surface area (Å²) in [5.41, 5.74) is 0.0244. The molecule has 2 aromatic carbocycles. The van der Waals surface area contributed by atoms with Gasteiger partial charge in [-0.1, -0.05) is 62.4 Å². The molecule has 0 spiro atoms. The van der Waals surface area contributed by atoms with Crippen LogP contribution < -0.4 is 20.1 Å². The molecule has 3 heterocycles. The minimum absolute atomic E-state index is 0.125. The number of amides is 4. The molecule has 4 aliphatic rings. The summed E-state index contributed by atoms with van der Waals surface area (Å²) >= 11 is 0. The van der Waals surface area contributed by atoms with Gasteiger partial charge in [-0.3, -0.25) is 19.1 Å². The number of cyclic esters (lactones) is 1. The molecule has 5 bridgehead atoms. The topological polar surface area (TPSA) is 186 Å². The van der Waals surface area contributed by atoms with Crippen LogP contribution in [0.5, 0.6) is 5.88 Å². The van der Waals surface area contributed by atoms with E-state index in [1.54, 1.807) is 27.7 Å². The first-order chi connectivity index (χ1) is 28.0. The number of allylic oxidation sites excluding steroid dienone is 1. The van der Waals surface area contributed by atoms with Crippen LogP contribution in [0.2, 0.25) is 0 Å². The number of alkyl carbamates (subject to hydrolysis) is 1. The van der Waals surface area contributed by atoms with Crippen LogP contribution in [0.15, 0.2) is 54.6 Å². The Morgan fingerprint density at radius 3 is 2.44 bits per heavy atom. The predicted octanol–water partition coefficient (Wildman–Crippen LogP) is 5.51. The SMILES string of the molecule is CC(C)[C@@H]1NC(=O)OC(C)(C)CCCC/C=C/c2ccc3nc(-c4ccccc4)c(nc3c2)O[C@@H]2C[C@@H](C(=O)N[C@@]3(C(=O)NS(=O)(=O)C4CC4)C[C@H]3C(F)F)N(C2)C1=O. The van der Waals surface area contributed by atoms with Gasteiger partial charge in [0, 0.05) is 12.0 Å². The molecule has 2 saturated carbocycles. The Bertz CT molecular complexity index is 2250. The average molecular weight is 837 g/mol. The van der Waals surface area contributed by atoms with E-state index in [4.69, 9.17) is 19.4 Å². The minimum atomic E-state index is -4.14. The van der Waals surface area contributed by atoms with Crippen LogP contribution in [0, 0.1) is 11.8 Å². The molecule has 4 amide bonds. The lowest BCUT2D eigenvalue weighted by atomic mass is 10.00. The maximum absolute atomic E-state index is 14.6. The monoisotopic (exact) mass is 836 g/mol. The maximum Gasteiger partial charge on any atom is 0.408 e. The van der Waals surface area contributed by atoms with E-state index in [2.05, 4.69) is 16.7 Å². The maximum atomic E-state index is 14.6. The van der Waals surface area contributed by atoms with E-state index in [9.17, 15) is 36.4 Å². The number of benzene rings is 2. The molecule has 0 unspecified atom stereocenters. The van der Waals surface area contributed by atoms with Crippen molar-refractivity contribution in [2.75, 3.05) is 6.54 Å². The van der Waals surface area contributed by atoms with Crippen LogP contribution in [0.25, 0.3) is 28.4 Å². The first-order valence-corrected chi connectivity index (χ1v) is 21.7. The molecular formula is C42H50F2N6O8S. The van der Waals surface area contributed by atoms with Crippen molar-refractivity contribution >= 4 is 50.9 Å². The van der Waals surface area contributed by atoms with Gasteiger partial charge in [-0.05, 0) is 82.4 Å². The number of alkyl halides is 2. The van der Waals surface area contributed by atoms with E-state index in [1.165, 1.54) is 4.90 Å². The zero-order valence-corrected chi connectivity index (χ0v) is 34.3. The Balaban J connectivity index is 1.26. The summed E-state index contributed by atoms with van der Waals surface area (Å²) in [5.74, 6) is -4.94. The first-order valence-electron chi connectivity index (χ1n) is 20.1. The third kappa shape index (κ3) is 9.34. The van der Waals surface area contributed by atoms with Gasteiger partial charge in [0.15, 0.2) is 0 Å². The molecule has 7 rings (SSSR count). The molecule has 59 heavy (non-hydrogen) atoms. The fourth-order valence-electron chi connectivity index (χ4n) is 7.78. The Morgan fingerprint density at radius 1 is 1.02 bits per heavy atom. The Morgan fingerprint density at radius 2 is 1.76 bits per heavy atom. The van der Waals surface area contributed by atoms with E-state index in [1.807, 2.05) is 59.3 Å². The molecule has 2 aliphatic carbocycles. The number of nitrogens with one attached hydrogen (secondary N) is 3. The van der Waals surface area contributed by atoms with Crippen molar-refractivity contribution in [3.05, 3.63) is 60.2 Å². The van der Waals surface area contributed by atoms with Crippen molar-refractivity contribution in [3.63, 3.8) is 0 Å². The van der Waals surface area contributed by atoms with Gasteiger partial charge in [-0.15, -0.1) is 0 Å². The van der Waals surface area contributed by atoms with Crippen molar-refractivity contribution in [3.8, 4) is 17.1 Å². The summed E-state index contributed by atoms with van der Waals surface area (Å²) in [7, 11) is -4.14. The third-order valence-corrected chi connectivity index (χ3v) is 13.2. The second-order valence-electron chi connectivity index (χ2n) is 16.9. The molecule has 3 aromatic rings. The Hall–Kier alpha value is -5.19. The quantitative estimate of drug-likeness (QED) is 0.261. The lowest BCUT2D eigenvalue weighted by Gasteiger charge is -2.32. The fraction of sp³-hybridized carbons (Fsp3) is 0.524. The molecule has 14 nitrogen and oxygen atoms in total. The lowest BCUT2D eigenvalue weighted by molar-refractivity contribution is -0.142. The summed E-state index contributed by atoms with van der Waals surface area (Å²) in [6.45, 7) is 6.79. The number of hydrogen-bond donors (Lipinski definition) is 3. The largest absolute Gasteiger partial charge is 0.471 e. The molecule has 1 aromatic heterocycles. The van der Waals surface area contributed by atoms with Gasteiger partial charge >= 0.3 is 6.09 Å². The number of sulfonamides is 1. The molecule has 3 fully saturated rings. The van der Waals surface area contributed by atoms with Crippen molar-refractivity contribution < 1.29 is 45.9 Å². The number of carbonyl (C=O) groups excluding carboxylic acids is 4. The summed E-state index contributed by atoms with van der Waals surface area (Å²) in [6.07, 6.45) is 2.15. The van der Waals surface area contributed by atoms with Gasteiger partial charge in [-0.25, -0.2) is 32.0 Å². The van der Waals surface area contributed by atoms with Gasteiger partial charge in [0.2, 0.25) is 34.1 Å². The van der Waals surface area contributed by atoms with Gasteiger partial charge in [-0.2, -0.15) is 0 Å². The number of rotatable bonds is 8. The second-order valence-corrected chi connectivity index (χ2v) is 18.9. The second kappa shape index (κ2) is 16.5. The summed E-state index contributed by atoms with van der Waals surface area (Å²) < 4.78 is 68.1. The van der Waals surface area contributed by atoms with E-state index in [0.29, 0.717) is 41.6 Å². The van der Waals surface area contributed by atoms with Crippen LogP contribution in [0.4, 0.5) is 13.6 Å². The smallest absolute Gasteiger partial charge is 0.408 e. The standard InChI is InChI=1S/C42H50F2N6O8S/c1-24(2)33-38(52)50-23-27(21-32(50)36(51)48-42(22-29(42)35(43)44)39(53)49-59(55,56)28-16-17-28)57-37-34(26-13-9-7-10-14-26)45-30-18-15-25(20-31(30)46-37)12-8-5-6-11-19-41(3,4)58-40(54)47-33/h7-10,12-15,18,20,24,27-29,32-33,35H,5-6,11,16-17,19,21-23H2,1-4H3,(H,47,54)(H,48,51)(H,49,53)/b12-8+/t27-,29+,32+,33+,42+/m1/s1. The number of hydrogen-bond acceptors (Lipinski definition) is 10. The van der Waals surface area contributed by atoms with Crippen molar-refractivity contribution in [1.29, 1.82) is 0 Å². The van der Waals surface area contributed by atoms with Crippen LogP contribution in [0.1, 0.15) is 84.6 Å². The van der Waals surface area contributed by atoms with Crippen molar-refractivity contribution in [2.24, 2.45) is 11.8 Å². The molecule has 1 saturated heterocycles. The highest BCUT2D eigenvalue weighted by Gasteiger charge is 2.66. The highest BCUT2D eigenvalue weighted by atomic mass is 32.2. The fourth-order valence-corrected chi connectivity index (χ4v) is 9.14. The first kappa shape index (κ1) is 42.0. The number of halogens is 2. The molecule has 5 atom stereocenters. The van der Waals surface area contributed by atoms with Crippen LogP contribution >= 0.6 is 0 Å². The van der Waals surface area contributed by atoms with Gasteiger partial charge in [0.05, 0.1) is 28.7 Å². The molecule has 316 valence electrons. The molecular weight excluding hydrogens is 787 g/mol. The Labute approximate surface area is 341 Å². The molecule has 0 radical (unpaired) electrons. The molecule has 3 N–H and O–H groups in total. The van der Waals surface area contributed by atoms with E-state index >= 15 is 0 Å². The number of ether oxygens (including phenoxy) is 2. The Kier molecular flexibility index (Phi) is 11.7. The van der Waals surface area contributed by atoms with Crippen LogP contribution in [-0.4, -0.2) is 94.6 Å². The van der Waals surface area contributed by atoms with E-state index in [0.717, 1.165) is 24.8 Å². The number of carbonyl (C=O) groups is 4. The van der Waals surface area contributed by atoms with E-state index < -0.39 is 93.1 Å². The predicted molar refractivity (Wildman–Crippen MR) is 214 cm³/mol. The number of nitrogens with zero attached hydrogens (tertiary/aromatic N) is 3. The molecule has 17 heteroatoms. The third-order valence-electron chi connectivity index (χ3n) is 11.4. The molecule has 2 aliphatic heterocycles. The van der Waals surface area contributed by atoms with Crippen molar-refractivity contribution in [2.45, 2.75) is 120 Å². The lowest BCUT2D eigenvalue weighted by Crippen LogP contribution is -2.59. The van der Waals surface area contributed by atoms with Crippen LogP contribution in [0.3, 0.4) is 0 Å². The van der Waals surface area contributed by atoms with Gasteiger partial charge < -0.3 is 25.0 Å². The minimum Gasteiger partial charge on any atom is -0.471 e. The highest BCUT2D eigenvalue weighted by Crippen LogP contribution is 2.48.